The van der Waals surface area contributed by atoms with Gasteiger partial charge in [0.15, 0.2) is 11.6 Å². The fourth-order valence-corrected chi connectivity index (χ4v) is 1.03. The van der Waals surface area contributed by atoms with Crippen molar-refractivity contribution in [2.75, 3.05) is 7.11 Å². The van der Waals surface area contributed by atoms with Gasteiger partial charge in [0.2, 0.25) is 5.82 Å². The van der Waals surface area contributed by atoms with Gasteiger partial charge in [0.05, 0.1) is 13.3 Å². The maximum Gasteiger partial charge on any atom is 0.258 e. The number of aromatic nitrogens is 4. The van der Waals surface area contributed by atoms with E-state index in [2.05, 4.69) is 19.9 Å². The van der Waals surface area contributed by atoms with E-state index < -0.39 is 0 Å². The first kappa shape index (κ1) is 9.32. The lowest BCUT2D eigenvalue weighted by Crippen LogP contribution is -1.95. The van der Waals surface area contributed by atoms with Crippen molar-refractivity contribution in [1.29, 1.82) is 0 Å². The summed E-state index contributed by atoms with van der Waals surface area (Å²) in [7, 11) is 1.43. The molecular formula is C9H8N4O2. The molecule has 2 aromatic rings. The minimum Gasteiger partial charge on any atom is -0.491 e. The molecule has 15 heavy (non-hydrogen) atoms. The fraction of sp³-hybridized carbons (Fsp3) is 0.111. The third kappa shape index (κ3) is 1.83. The summed E-state index contributed by atoms with van der Waals surface area (Å²) >= 11 is 0. The monoisotopic (exact) mass is 204 g/mol. The third-order valence-electron chi connectivity index (χ3n) is 1.72. The number of methoxy groups -OCH3 is 1. The molecule has 0 aliphatic rings. The largest absolute Gasteiger partial charge is 0.491 e. The van der Waals surface area contributed by atoms with Crippen molar-refractivity contribution < 1.29 is 9.84 Å². The summed E-state index contributed by atoms with van der Waals surface area (Å²) in [4.78, 5) is 15.7. The van der Waals surface area contributed by atoms with Crippen LogP contribution < -0.4 is 4.74 Å². The summed E-state index contributed by atoms with van der Waals surface area (Å²) in [6.07, 6.45) is 4.52. The van der Waals surface area contributed by atoms with Gasteiger partial charge >= 0.3 is 0 Å². The van der Waals surface area contributed by atoms with E-state index in [0.717, 1.165) is 0 Å². The number of nitrogens with zero attached hydrogens (tertiary/aromatic N) is 4. The first-order valence-corrected chi connectivity index (χ1v) is 4.18. The van der Waals surface area contributed by atoms with E-state index in [1.807, 2.05) is 0 Å². The van der Waals surface area contributed by atoms with Gasteiger partial charge in [0.1, 0.15) is 0 Å². The molecule has 0 saturated heterocycles. The van der Waals surface area contributed by atoms with Crippen LogP contribution in [0.5, 0.6) is 11.6 Å². The van der Waals surface area contributed by atoms with E-state index in [4.69, 9.17) is 4.74 Å². The van der Waals surface area contributed by atoms with E-state index in [9.17, 15) is 5.11 Å². The van der Waals surface area contributed by atoms with Crippen molar-refractivity contribution in [3.05, 3.63) is 24.7 Å². The van der Waals surface area contributed by atoms with Crippen LogP contribution in [0.15, 0.2) is 24.7 Å². The Balaban J connectivity index is 2.43. The van der Waals surface area contributed by atoms with Crippen molar-refractivity contribution >= 4 is 0 Å². The van der Waals surface area contributed by atoms with Crippen molar-refractivity contribution in [1.82, 2.24) is 19.9 Å². The van der Waals surface area contributed by atoms with Crippen LogP contribution in [0, 0.1) is 0 Å². The van der Waals surface area contributed by atoms with Gasteiger partial charge in [-0.3, -0.25) is 0 Å². The molecule has 0 atom stereocenters. The maximum atomic E-state index is 9.42. The van der Waals surface area contributed by atoms with E-state index in [0.29, 0.717) is 5.82 Å². The first-order valence-electron chi connectivity index (χ1n) is 4.18. The number of ether oxygens (including phenoxy) is 1. The standard InChI is InChI=1S/C9H8N4O2/c1-15-6-5-12-8(13-9(6)14)7-10-3-2-4-11-7/h2-5H,1H3,(H,12,13,14). The Labute approximate surface area is 85.6 Å². The highest BCUT2D eigenvalue weighted by Gasteiger charge is 2.08. The zero-order valence-corrected chi connectivity index (χ0v) is 7.95. The molecule has 0 bridgehead atoms. The Morgan fingerprint density at radius 3 is 2.47 bits per heavy atom. The Hall–Kier alpha value is -2.24. The van der Waals surface area contributed by atoms with Crippen molar-refractivity contribution in [2.24, 2.45) is 0 Å². The second-order valence-corrected chi connectivity index (χ2v) is 2.66. The molecular weight excluding hydrogens is 196 g/mol. The number of aromatic hydroxyl groups is 1. The zero-order valence-electron chi connectivity index (χ0n) is 7.95. The summed E-state index contributed by atoms with van der Waals surface area (Å²) in [6, 6.07) is 1.69. The summed E-state index contributed by atoms with van der Waals surface area (Å²) < 4.78 is 4.82. The molecule has 6 heteroatoms. The van der Waals surface area contributed by atoms with Gasteiger partial charge in [0.25, 0.3) is 5.88 Å². The molecule has 76 valence electrons. The summed E-state index contributed by atoms with van der Waals surface area (Å²) in [5.74, 6) is 0.606. The lowest BCUT2D eigenvalue weighted by molar-refractivity contribution is 0.361. The van der Waals surface area contributed by atoms with Crippen molar-refractivity contribution in [3.8, 4) is 23.3 Å². The Kier molecular flexibility index (Phi) is 2.40. The molecule has 2 rings (SSSR count). The second kappa shape index (κ2) is 3.87. The highest BCUT2D eigenvalue weighted by molar-refractivity contribution is 5.45. The Morgan fingerprint density at radius 2 is 1.87 bits per heavy atom. The van der Waals surface area contributed by atoms with Gasteiger partial charge in [-0.05, 0) is 6.07 Å². The molecule has 0 fully saturated rings. The third-order valence-corrected chi connectivity index (χ3v) is 1.72. The quantitative estimate of drug-likeness (QED) is 0.773. The SMILES string of the molecule is COc1cnc(-c2ncccn2)nc1O. The predicted molar refractivity (Wildman–Crippen MR) is 51.3 cm³/mol. The lowest BCUT2D eigenvalue weighted by atomic mass is 10.5. The van der Waals surface area contributed by atoms with Crippen molar-refractivity contribution in [2.45, 2.75) is 0 Å². The molecule has 0 unspecified atom stereocenters. The normalized spacial score (nSPS) is 9.93. The molecule has 0 aliphatic heterocycles. The Bertz CT molecular complexity index is 461. The average Bonchev–Trinajstić information content (AvgIpc) is 2.30. The van der Waals surface area contributed by atoms with Crippen LogP contribution in [0.1, 0.15) is 0 Å². The molecule has 2 aromatic heterocycles. The van der Waals surface area contributed by atoms with E-state index in [1.165, 1.54) is 13.3 Å². The van der Waals surface area contributed by atoms with Crippen LogP contribution in [0.4, 0.5) is 0 Å². The van der Waals surface area contributed by atoms with Gasteiger partial charge in [-0.25, -0.2) is 15.0 Å². The first-order chi connectivity index (χ1) is 7.31. The van der Waals surface area contributed by atoms with Gasteiger partial charge < -0.3 is 9.84 Å². The second-order valence-electron chi connectivity index (χ2n) is 2.66. The van der Waals surface area contributed by atoms with E-state index >= 15 is 0 Å². The molecule has 0 aliphatic carbocycles. The highest BCUT2D eigenvalue weighted by Crippen LogP contribution is 2.23. The molecule has 0 aromatic carbocycles. The zero-order chi connectivity index (χ0) is 10.7. The number of rotatable bonds is 2. The van der Waals surface area contributed by atoms with Gasteiger partial charge in [-0.2, -0.15) is 4.98 Å². The minimum absolute atomic E-state index is 0.217. The summed E-state index contributed by atoms with van der Waals surface area (Å²) in [6.45, 7) is 0. The molecule has 0 saturated carbocycles. The lowest BCUT2D eigenvalue weighted by Gasteiger charge is -2.02. The van der Waals surface area contributed by atoms with Crippen LogP contribution in [0.3, 0.4) is 0 Å². The molecule has 0 amide bonds. The van der Waals surface area contributed by atoms with E-state index in [-0.39, 0.29) is 17.5 Å². The highest BCUT2D eigenvalue weighted by atomic mass is 16.5. The van der Waals surface area contributed by atoms with Crippen LogP contribution in [-0.4, -0.2) is 32.2 Å². The average molecular weight is 204 g/mol. The molecule has 0 spiro atoms. The topological polar surface area (TPSA) is 81.0 Å². The molecule has 0 radical (unpaired) electrons. The minimum atomic E-state index is -0.227. The maximum absolute atomic E-state index is 9.42. The van der Waals surface area contributed by atoms with Gasteiger partial charge in [0, 0.05) is 12.4 Å². The van der Waals surface area contributed by atoms with Gasteiger partial charge in [-0.15, -0.1) is 0 Å². The smallest absolute Gasteiger partial charge is 0.258 e. The van der Waals surface area contributed by atoms with Crippen molar-refractivity contribution in [3.63, 3.8) is 0 Å². The van der Waals surface area contributed by atoms with Crippen LogP contribution in [0.25, 0.3) is 11.6 Å². The number of hydrogen-bond acceptors (Lipinski definition) is 6. The summed E-state index contributed by atoms with van der Waals surface area (Å²) in [5.41, 5.74) is 0. The summed E-state index contributed by atoms with van der Waals surface area (Å²) in [5, 5.41) is 9.42. The molecule has 1 N–H and O–H groups in total. The van der Waals surface area contributed by atoms with E-state index in [1.54, 1.807) is 18.5 Å². The molecule has 6 nitrogen and oxygen atoms in total. The molecule has 2 heterocycles. The Morgan fingerprint density at radius 1 is 1.13 bits per heavy atom. The van der Waals surface area contributed by atoms with Crippen LogP contribution in [-0.2, 0) is 0 Å². The van der Waals surface area contributed by atoms with Crippen LogP contribution >= 0.6 is 0 Å². The predicted octanol–water partition coefficient (Wildman–Crippen LogP) is 0.648. The number of hydrogen-bond donors (Lipinski definition) is 1. The fourth-order valence-electron chi connectivity index (χ4n) is 1.03. The van der Waals surface area contributed by atoms with Crippen LogP contribution in [0.2, 0.25) is 0 Å². The van der Waals surface area contributed by atoms with Gasteiger partial charge in [-0.1, -0.05) is 0 Å².